The van der Waals surface area contributed by atoms with Crippen LogP contribution >= 0.6 is 0 Å². The van der Waals surface area contributed by atoms with Crippen molar-refractivity contribution in [2.75, 3.05) is 13.1 Å². The van der Waals surface area contributed by atoms with E-state index < -0.39 is 0 Å². The Morgan fingerprint density at radius 3 is 2.08 bits per heavy atom. The summed E-state index contributed by atoms with van der Waals surface area (Å²) >= 11 is 0. The van der Waals surface area contributed by atoms with E-state index in [0.717, 1.165) is 18.9 Å². The molecule has 0 amide bonds. The lowest BCUT2D eigenvalue weighted by atomic mass is 9.91. The van der Waals surface area contributed by atoms with Gasteiger partial charge in [-0.1, -0.05) is 6.42 Å². The van der Waals surface area contributed by atoms with Crippen molar-refractivity contribution in [2.45, 2.75) is 57.1 Å². The number of likely N-dealkylation sites (tertiary alicyclic amines) is 1. The molecule has 1 saturated heterocycles. The molecule has 1 heterocycles. The van der Waals surface area contributed by atoms with Crippen molar-refractivity contribution in [3.8, 4) is 0 Å². The Balaban J connectivity index is 1.79. The van der Waals surface area contributed by atoms with Crippen LogP contribution < -0.4 is 0 Å². The SMILES string of the molecule is OC1CCC(N2CCCCC2)CC1. The van der Waals surface area contributed by atoms with E-state index in [9.17, 15) is 5.11 Å². The summed E-state index contributed by atoms with van der Waals surface area (Å²) in [6.07, 6.45) is 8.70. The molecule has 0 aromatic carbocycles. The molecule has 1 aliphatic carbocycles. The van der Waals surface area contributed by atoms with E-state index in [4.69, 9.17) is 0 Å². The molecule has 2 nitrogen and oxygen atoms in total. The van der Waals surface area contributed by atoms with Crippen molar-refractivity contribution in [1.82, 2.24) is 4.90 Å². The van der Waals surface area contributed by atoms with Gasteiger partial charge >= 0.3 is 0 Å². The molecule has 1 N–H and O–H groups in total. The average Bonchev–Trinajstić information content (AvgIpc) is 2.20. The highest BCUT2D eigenvalue weighted by atomic mass is 16.3. The number of aliphatic hydroxyl groups excluding tert-OH is 1. The Morgan fingerprint density at radius 1 is 0.846 bits per heavy atom. The first-order valence-electron chi connectivity index (χ1n) is 5.78. The highest BCUT2D eigenvalue weighted by Crippen LogP contribution is 2.25. The van der Waals surface area contributed by atoms with Gasteiger partial charge in [-0.05, 0) is 51.6 Å². The van der Waals surface area contributed by atoms with Gasteiger partial charge in [0.05, 0.1) is 6.10 Å². The molecule has 0 radical (unpaired) electrons. The highest BCUT2D eigenvalue weighted by Gasteiger charge is 2.25. The summed E-state index contributed by atoms with van der Waals surface area (Å²) in [6, 6.07) is 0.795. The first-order valence-corrected chi connectivity index (χ1v) is 5.78. The van der Waals surface area contributed by atoms with E-state index in [1.54, 1.807) is 0 Å². The summed E-state index contributed by atoms with van der Waals surface area (Å²) in [7, 11) is 0. The van der Waals surface area contributed by atoms with Crippen molar-refractivity contribution in [3.63, 3.8) is 0 Å². The third-order valence-corrected chi connectivity index (χ3v) is 3.57. The summed E-state index contributed by atoms with van der Waals surface area (Å²) in [5.74, 6) is 0. The Morgan fingerprint density at radius 2 is 1.46 bits per heavy atom. The van der Waals surface area contributed by atoms with Crippen molar-refractivity contribution >= 4 is 0 Å². The molecule has 76 valence electrons. The van der Waals surface area contributed by atoms with Gasteiger partial charge in [0.15, 0.2) is 0 Å². The molecule has 0 unspecified atom stereocenters. The zero-order valence-electron chi connectivity index (χ0n) is 8.41. The van der Waals surface area contributed by atoms with Crippen LogP contribution in [0.15, 0.2) is 0 Å². The number of piperidine rings is 1. The topological polar surface area (TPSA) is 23.5 Å². The first-order chi connectivity index (χ1) is 6.36. The third-order valence-electron chi connectivity index (χ3n) is 3.57. The van der Waals surface area contributed by atoms with Gasteiger partial charge in [0.1, 0.15) is 0 Å². The summed E-state index contributed by atoms with van der Waals surface area (Å²) < 4.78 is 0. The fourth-order valence-corrected chi connectivity index (χ4v) is 2.71. The number of aliphatic hydroxyl groups is 1. The average molecular weight is 183 g/mol. The predicted octanol–water partition coefficient (Wildman–Crippen LogP) is 1.78. The summed E-state index contributed by atoms with van der Waals surface area (Å²) in [6.45, 7) is 2.61. The Labute approximate surface area is 80.9 Å². The van der Waals surface area contributed by atoms with Crippen LogP contribution in [0.2, 0.25) is 0 Å². The second-order valence-corrected chi connectivity index (χ2v) is 4.56. The van der Waals surface area contributed by atoms with Gasteiger partial charge in [0, 0.05) is 6.04 Å². The molecule has 0 atom stereocenters. The first kappa shape index (κ1) is 9.47. The van der Waals surface area contributed by atoms with Gasteiger partial charge in [-0.15, -0.1) is 0 Å². The number of nitrogens with zero attached hydrogens (tertiary/aromatic N) is 1. The minimum atomic E-state index is 0.000963. The van der Waals surface area contributed by atoms with Crippen molar-refractivity contribution in [2.24, 2.45) is 0 Å². The number of hydrogen-bond acceptors (Lipinski definition) is 2. The smallest absolute Gasteiger partial charge is 0.0541 e. The van der Waals surface area contributed by atoms with Gasteiger partial charge in [-0.2, -0.15) is 0 Å². The number of hydrogen-bond donors (Lipinski definition) is 1. The molecule has 0 aromatic heterocycles. The molecule has 0 spiro atoms. The number of rotatable bonds is 1. The quantitative estimate of drug-likeness (QED) is 0.670. The lowest BCUT2D eigenvalue weighted by molar-refractivity contribution is 0.0649. The molecular formula is C11H21NO. The zero-order valence-corrected chi connectivity index (χ0v) is 8.41. The molecule has 2 aliphatic rings. The molecule has 0 aromatic rings. The van der Waals surface area contributed by atoms with E-state index in [-0.39, 0.29) is 6.10 Å². The predicted molar refractivity (Wildman–Crippen MR) is 53.7 cm³/mol. The van der Waals surface area contributed by atoms with E-state index >= 15 is 0 Å². The second kappa shape index (κ2) is 4.43. The van der Waals surface area contributed by atoms with Gasteiger partial charge in [-0.25, -0.2) is 0 Å². The molecule has 0 bridgehead atoms. The summed E-state index contributed by atoms with van der Waals surface area (Å²) in [5, 5.41) is 9.41. The van der Waals surface area contributed by atoms with Gasteiger partial charge in [0.2, 0.25) is 0 Å². The molecular weight excluding hydrogens is 162 g/mol. The summed E-state index contributed by atoms with van der Waals surface area (Å²) in [4.78, 5) is 2.65. The largest absolute Gasteiger partial charge is 0.393 e. The molecule has 1 aliphatic heterocycles. The molecule has 1 saturated carbocycles. The molecule has 2 heteroatoms. The summed E-state index contributed by atoms with van der Waals surface area (Å²) in [5.41, 5.74) is 0. The second-order valence-electron chi connectivity index (χ2n) is 4.56. The lowest BCUT2D eigenvalue weighted by Crippen LogP contribution is -2.41. The van der Waals surface area contributed by atoms with Crippen LogP contribution in [0, 0.1) is 0 Å². The van der Waals surface area contributed by atoms with Crippen LogP contribution in [-0.4, -0.2) is 35.2 Å². The lowest BCUT2D eigenvalue weighted by Gasteiger charge is -2.37. The van der Waals surface area contributed by atoms with E-state index in [2.05, 4.69) is 4.90 Å². The minimum Gasteiger partial charge on any atom is -0.393 e. The molecule has 13 heavy (non-hydrogen) atoms. The maximum atomic E-state index is 9.41. The van der Waals surface area contributed by atoms with Gasteiger partial charge < -0.3 is 10.0 Å². The van der Waals surface area contributed by atoms with Crippen LogP contribution in [0.3, 0.4) is 0 Å². The monoisotopic (exact) mass is 183 g/mol. The van der Waals surface area contributed by atoms with Crippen molar-refractivity contribution < 1.29 is 5.11 Å². The van der Waals surface area contributed by atoms with Crippen LogP contribution in [-0.2, 0) is 0 Å². The standard InChI is InChI=1S/C11H21NO/c13-11-6-4-10(5-7-11)12-8-2-1-3-9-12/h10-11,13H,1-9H2. The van der Waals surface area contributed by atoms with E-state index in [1.165, 1.54) is 45.2 Å². The van der Waals surface area contributed by atoms with Crippen molar-refractivity contribution in [3.05, 3.63) is 0 Å². The van der Waals surface area contributed by atoms with E-state index in [1.807, 2.05) is 0 Å². The van der Waals surface area contributed by atoms with Crippen LogP contribution in [0.4, 0.5) is 0 Å². The van der Waals surface area contributed by atoms with Gasteiger partial charge in [-0.3, -0.25) is 0 Å². The minimum absolute atomic E-state index is 0.000963. The van der Waals surface area contributed by atoms with Gasteiger partial charge in [0.25, 0.3) is 0 Å². The fraction of sp³-hybridized carbons (Fsp3) is 1.00. The Kier molecular flexibility index (Phi) is 3.23. The maximum Gasteiger partial charge on any atom is 0.0541 e. The normalized spacial score (nSPS) is 37.6. The third kappa shape index (κ3) is 2.44. The zero-order chi connectivity index (χ0) is 9.10. The van der Waals surface area contributed by atoms with E-state index in [0.29, 0.717) is 0 Å². The Bertz CT molecular complexity index is 146. The highest BCUT2D eigenvalue weighted by molar-refractivity contribution is 4.80. The Hall–Kier alpha value is -0.0800. The van der Waals surface area contributed by atoms with Crippen LogP contribution in [0.1, 0.15) is 44.9 Å². The maximum absolute atomic E-state index is 9.41. The van der Waals surface area contributed by atoms with Crippen LogP contribution in [0.25, 0.3) is 0 Å². The van der Waals surface area contributed by atoms with Crippen LogP contribution in [0.5, 0.6) is 0 Å². The molecule has 2 rings (SSSR count). The van der Waals surface area contributed by atoms with Crippen molar-refractivity contribution in [1.29, 1.82) is 0 Å². The fourth-order valence-electron chi connectivity index (χ4n) is 2.71. The molecule has 2 fully saturated rings.